The maximum absolute atomic E-state index is 9.36. The van der Waals surface area contributed by atoms with Crippen LogP contribution in [0.5, 0.6) is 0 Å². The number of allylic oxidation sites excluding steroid dienone is 2. The molecule has 0 atom stereocenters. The van der Waals surface area contributed by atoms with Crippen molar-refractivity contribution in [3.63, 3.8) is 0 Å². The Bertz CT molecular complexity index is 881. The molecule has 0 radical (unpaired) electrons. The molecule has 0 spiro atoms. The van der Waals surface area contributed by atoms with Crippen LogP contribution in [0.25, 0.3) is 0 Å². The van der Waals surface area contributed by atoms with Crippen molar-refractivity contribution in [3.05, 3.63) is 82.4 Å². The fourth-order valence-electron chi connectivity index (χ4n) is 4.53. The van der Waals surface area contributed by atoms with Gasteiger partial charge in [-0.1, -0.05) is 74.4 Å². The molecule has 0 heterocycles. The Kier molecular flexibility index (Phi) is 7.87. The topological polar surface area (TPSA) is 44.6 Å². The van der Waals surface area contributed by atoms with Crippen LogP contribution in [0.4, 0.5) is 0 Å². The summed E-state index contributed by atoms with van der Waals surface area (Å²) < 4.78 is 0. The molecule has 30 heavy (non-hydrogen) atoms. The fourth-order valence-corrected chi connectivity index (χ4v) is 4.53. The van der Waals surface area contributed by atoms with Crippen LogP contribution in [0.15, 0.2) is 65.2 Å². The lowest BCUT2D eigenvalue weighted by atomic mass is 9.83. The molecule has 0 unspecified atom stereocenters. The number of aliphatic imine (C=N–C) groups is 1. The van der Waals surface area contributed by atoms with E-state index in [9.17, 15) is 5.21 Å². The molecule has 0 saturated carbocycles. The van der Waals surface area contributed by atoms with Gasteiger partial charge in [0.2, 0.25) is 0 Å². The Hall–Kier alpha value is -2.39. The largest absolute Gasteiger partial charge is 0.290 e. The summed E-state index contributed by atoms with van der Waals surface area (Å²) in [6.45, 7) is 4.77. The van der Waals surface area contributed by atoms with E-state index in [4.69, 9.17) is 0 Å². The van der Waals surface area contributed by atoms with Gasteiger partial charge in [-0.2, -0.15) is 0 Å². The number of rotatable bonds is 4. The van der Waals surface area contributed by atoms with Crippen molar-refractivity contribution in [2.75, 3.05) is 7.05 Å². The summed E-state index contributed by atoms with van der Waals surface area (Å²) in [4.78, 5) is 4.15. The van der Waals surface area contributed by atoms with Crippen LogP contribution in [-0.2, 0) is 19.3 Å². The second kappa shape index (κ2) is 10.6. The summed E-state index contributed by atoms with van der Waals surface area (Å²) in [5, 5.41) is 9.36. The first kappa shape index (κ1) is 22.3. The first-order chi connectivity index (χ1) is 14.5. The van der Waals surface area contributed by atoms with Crippen LogP contribution in [0.3, 0.4) is 0 Å². The molecule has 0 aliphatic heterocycles. The van der Waals surface area contributed by atoms with E-state index in [0.717, 1.165) is 37.7 Å². The molecule has 2 N–H and O–H groups in total. The van der Waals surface area contributed by atoms with Crippen molar-refractivity contribution in [1.82, 2.24) is 5.48 Å². The average Bonchev–Trinajstić information content (AvgIpc) is 2.77. The first-order valence-electron chi connectivity index (χ1n) is 11.2. The molecular formula is C27H36N2O. The Balaban J connectivity index is 1.81. The average molecular weight is 405 g/mol. The number of benzene rings is 2. The van der Waals surface area contributed by atoms with Crippen molar-refractivity contribution in [1.29, 1.82) is 0 Å². The van der Waals surface area contributed by atoms with Crippen molar-refractivity contribution in [2.45, 2.75) is 65.2 Å². The van der Waals surface area contributed by atoms with E-state index >= 15 is 0 Å². The second-order valence-corrected chi connectivity index (χ2v) is 9.15. The van der Waals surface area contributed by atoms with Crippen molar-refractivity contribution >= 4 is 5.84 Å². The number of hydrogen-bond donors (Lipinski definition) is 2. The minimum absolute atomic E-state index is 0.247. The molecule has 0 aromatic heterocycles. The Labute approximate surface area is 181 Å². The number of fused-ring (bicyclic) bond motifs is 1. The zero-order valence-corrected chi connectivity index (χ0v) is 18.7. The molecule has 3 heteroatoms. The molecule has 160 valence electrons. The summed E-state index contributed by atoms with van der Waals surface area (Å²) in [6, 6.07) is 17.3. The molecule has 0 bridgehead atoms. The molecule has 0 fully saturated rings. The highest BCUT2D eigenvalue weighted by Gasteiger charge is 2.18. The predicted molar refractivity (Wildman–Crippen MR) is 126 cm³/mol. The van der Waals surface area contributed by atoms with E-state index in [1.807, 2.05) is 0 Å². The van der Waals surface area contributed by atoms with Gasteiger partial charge in [0.1, 0.15) is 0 Å². The number of hydroxylamine groups is 1. The number of nitrogens with zero attached hydrogens (tertiary/aromatic N) is 1. The van der Waals surface area contributed by atoms with Gasteiger partial charge in [0.05, 0.1) is 0 Å². The zero-order chi connectivity index (χ0) is 21.4. The van der Waals surface area contributed by atoms with E-state index in [1.54, 1.807) is 12.6 Å². The summed E-state index contributed by atoms with van der Waals surface area (Å²) in [7, 11) is 1.69. The standard InChI is InChI=1S/C27H36N2O/c1-27(2)18-8-7-11-24-19-25(26(28-3)29-30)17-16-23(24)15-14-22(20-27)13-12-21-9-5-4-6-10-21/h4-6,9-10,16-17,19-20,30H,7-8,11-15,18H2,1-3H3,(H,28,29)/b22-20-. The highest BCUT2D eigenvalue weighted by molar-refractivity contribution is 5.98. The van der Waals surface area contributed by atoms with Crippen molar-refractivity contribution in [2.24, 2.45) is 10.4 Å². The van der Waals surface area contributed by atoms with Gasteiger partial charge < -0.3 is 0 Å². The van der Waals surface area contributed by atoms with Gasteiger partial charge in [0, 0.05) is 12.6 Å². The second-order valence-electron chi connectivity index (χ2n) is 9.15. The van der Waals surface area contributed by atoms with E-state index in [-0.39, 0.29) is 5.41 Å². The Morgan fingerprint density at radius 3 is 2.50 bits per heavy atom. The molecule has 3 nitrogen and oxygen atoms in total. The summed E-state index contributed by atoms with van der Waals surface area (Å²) in [6.07, 6.45) is 11.7. The zero-order valence-electron chi connectivity index (χ0n) is 18.7. The van der Waals surface area contributed by atoms with Crippen LogP contribution < -0.4 is 5.48 Å². The smallest absolute Gasteiger partial charge is 0.151 e. The lowest BCUT2D eigenvalue weighted by Gasteiger charge is -2.22. The van der Waals surface area contributed by atoms with Crippen LogP contribution in [-0.4, -0.2) is 18.1 Å². The molecule has 2 aromatic carbocycles. The predicted octanol–water partition coefficient (Wildman–Crippen LogP) is 6.29. The van der Waals surface area contributed by atoms with Crippen molar-refractivity contribution < 1.29 is 5.21 Å². The molecule has 1 aliphatic rings. The normalized spacial score (nSPS) is 19.2. The van der Waals surface area contributed by atoms with Gasteiger partial charge in [-0.15, -0.1) is 0 Å². The monoisotopic (exact) mass is 404 g/mol. The van der Waals surface area contributed by atoms with Crippen LogP contribution in [0.2, 0.25) is 0 Å². The Morgan fingerprint density at radius 2 is 1.77 bits per heavy atom. The number of nitrogens with one attached hydrogen (secondary N) is 1. The van der Waals surface area contributed by atoms with E-state index in [1.165, 1.54) is 36.0 Å². The third-order valence-electron chi connectivity index (χ3n) is 6.21. The molecule has 0 amide bonds. The third kappa shape index (κ3) is 6.30. The molecule has 0 saturated heterocycles. The third-order valence-corrected chi connectivity index (χ3v) is 6.21. The van der Waals surface area contributed by atoms with Crippen LogP contribution >= 0.6 is 0 Å². The van der Waals surface area contributed by atoms with Crippen LogP contribution in [0.1, 0.15) is 68.2 Å². The van der Waals surface area contributed by atoms with Gasteiger partial charge in [-0.3, -0.25) is 15.7 Å². The molecule has 1 aliphatic carbocycles. The quantitative estimate of drug-likeness (QED) is 0.272. The highest BCUT2D eigenvalue weighted by Crippen LogP contribution is 2.31. The SMILES string of the molecule is CN=C(NO)c1ccc2c(c1)CCCCC(C)(C)/C=C(/CCc1ccccc1)CC2. The summed E-state index contributed by atoms with van der Waals surface area (Å²) >= 11 is 0. The number of hydrogen-bond acceptors (Lipinski definition) is 2. The van der Waals surface area contributed by atoms with Gasteiger partial charge >= 0.3 is 0 Å². The fraction of sp³-hybridized carbons (Fsp3) is 0.444. The van der Waals surface area contributed by atoms with E-state index in [0.29, 0.717) is 5.84 Å². The van der Waals surface area contributed by atoms with Crippen LogP contribution in [0, 0.1) is 5.41 Å². The maximum atomic E-state index is 9.36. The van der Waals surface area contributed by atoms with Crippen molar-refractivity contribution in [3.8, 4) is 0 Å². The summed E-state index contributed by atoms with van der Waals surface area (Å²) in [5.74, 6) is 0.525. The Morgan fingerprint density at radius 1 is 0.967 bits per heavy atom. The van der Waals surface area contributed by atoms with Gasteiger partial charge in [0.25, 0.3) is 0 Å². The molecule has 3 rings (SSSR count). The summed E-state index contributed by atoms with van der Waals surface area (Å²) in [5.41, 5.74) is 9.24. The molecular weight excluding hydrogens is 368 g/mol. The van der Waals surface area contributed by atoms with Gasteiger partial charge in [0.15, 0.2) is 5.84 Å². The minimum Gasteiger partial charge on any atom is -0.290 e. The lowest BCUT2D eigenvalue weighted by Crippen LogP contribution is -2.20. The highest BCUT2D eigenvalue weighted by atomic mass is 16.5. The maximum Gasteiger partial charge on any atom is 0.151 e. The minimum atomic E-state index is 0.247. The lowest BCUT2D eigenvalue weighted by molar-refractivity contribution is 0.235. The van der Waals surface area contributed by atoms with Gasteiger partial charge in [-0.25, -0.2) is 0 Å². The number of amidine groups is 1. The van der Waals surface area contributed by atoms with E-state index in [2.05, 4.69) is 78.9 Å². The van der Waals surface area contributed by atoms with Gasteiger partial charge in [-0.05, 0) is 73.1 Å². The number of aryl methyl sites for hydroxylation is 3. The first-order valence-corrected chi connectivity index (χ1v) is 11.2. The van der Waals surface area contributed by atoms with E-state index < -0.39 is 0 Å². The molecule has 2 aromatic rings.